The minimum Gasteiger partial charge on any atom is -0.379 e. The second-order valence-electron chi connectivity index (χ2n) is 6.71. The first-order valence-corrected chi connectivity index (χ1v) is 8.94. The highest BCUT2D eigenvalue weighted by atomic mass is 16.5. The molecule has 0 atom stereocenters. The Hall–Kier alpha value is -1.93. The zero-order chi connectivity index (χ0) is 17.6. The van der Waals surface area contributed by atoms with Gasteiger partial charge in [0, 0.05) is 38.2 Å². The molecule has 25 heavy (non-hydrogen) atoms. The lowest BCUT2D eigenvalue weighted by Crippen LogP contribution is -2.48. The zero-order valence-electron chi connectivity index (χ0n) is 14.7. The van der Waals surface area contributed by atoms with Crippen molar-refractivity contribution < 1.29 is 18.8 Å². The number of anilines is 1. The van der Waals surface area contributed by atoms with Crippen LogP contribution in [0.3, 0.4) is 0 Å². The highest BCUT2D eigenvalue weighted by Gasteiger charge is 2.30. The number of rotatable bonds is 7. The topological polar surface area (TPSA) is 87.9 Å². The molecule has 138 valence electrons. The van der Waals surface area contributed by atoms with Crippen molar-refractivity contribution in [3.8, 4) is 0 Å². The molecule has 0 spiro atoms. The van der Waals surface area contributed by atoms with E-state index in [0.717, 1.165) is 52.1 Å². The van der Waals surface area contributed by atoms with Crippen molar-refractivity contribution in [1.29, 1.82) is 0 Å². The molecule has 0 bridgehead atoms. The molecule has 1 aromatic rings. The summed E-state index contributed by atoms with van der Waals surface area (Å²) < 4.78 is 10.3. The Labute approximate surface area is 147 Å². The summed E-state index contributed by atoms with van der Waals surface area (Å²) in [6, 6.07) is 1.66. The van der Waals surface area contributed by atoms with Gasteiger partial charge in [0.25, 0.3) is 0 Å². The van der Waals surface area contributed by atoms with Crippen molar-refractivity contribution in [2.75, 3.05) is 51.3 Å². The van der Waals surface area contributed by atoms with Crippen molar-refractivity contribution in [2.24, 2.45) is 5.92 Å². The average Bonchev–Trinajstić information content (AvgIpc) is 2.95. The number of carbonyl (C=O) groups is 2. The SMILES string of the molecule is Cc1cc(NC(=O)CN(CCN2CCOCC2)C(=O)C2CCC2)no1. The van der Waals surface area contributed by atoms with Gasteiger partial charge in [0.15, 0.2) is 5.82 Å². The van der Waals surface area contributed by atoms with Crippen molar-refractivity contribution in [3.05, 3.63) is 11.8 Å². The van der Waals surface area contributed by atoms with Gasteiger partial charge < -0.3 is 19.5 Å². The molecule has 1 saturated carbocycles. The van der Waals surface area contributed by atoms with Gasteiger partial charge in [-0.05, 0) is 19.8 Å². The van der Waals surface area contributed by atoms with Crippen molar-refractivity contribution in [1.82, 2.24) is 15.0 Å². The van der Waals surface area contributed by atoms with Gasteiger partial charge in [0.05, 0.1) is 19.8 Å². The zero-order valence-corrected chi connectivity index (χ0v) is 14.7. The molecule has 0 aromatic carbocycles. The van der Waals surface area contributed by atoms with Gasteiger partial charge in [0.1, 0.15) is 5.76 Å². The van der Waals surface area contributed by atoms with Gasteiger partial charge in [-0.1, -0.05) is 11.6 Å². The van der Waals surface area contributed by atoms with Crippen molar-refractivity contribution in [3.63, 3.8) is 0 Å². The third-order valence-electron chi connectivity index (χ3n) is 4.79. The van der Waals surface area contributed by atoms with E-state index < -0.39 is 0 Å². The van der Waals surface area contributed by atoms with Gasteiger partial charge in [-0.25, -0.2) is 0 Å². The Kier molecular flexibility index (Phi) is 6.04. The summed E-state index contributed by atoms with van der Waals surface area (Å²) >= 11 is 0. The third-order valence-corrected chi connectivity index (χ3v) is 4.79. The molecule has 1 aliphatic carbocycles. The van der Waals surface area contributed by atoms with Crippen LogP contribution >= 0.6 is 0 Å². The van der Waals surface area contributed by atoms with E-state index in [-0.39, 0.29) is 24.3 Å². The maximum Gasteiger partial charge on any atom is 0.245 e. The van der Waals surface area contributed by atoms with Crippen LogP contribution in [0.15, 0.2) is 10.6 Å². The molecule has 0 radical (unpaired) electrons. The van der Waals surface area contributed by atoms with Crippen LogP contribution in [0.25, 0.3) is 0 Å². The number of aromatic nitrogens is 1. The van der Waals surface area contributed by atoms with E-state index in [0.29, 0.717) is 18.1 Å². The third kappa shape index (κ3) is 5.02. The van der Waals surface area contributed by atoms with E-state index in [1.165, 1.54) is 0 Å². The number of morpholine rings is 1. The molecular formula is C17H26N4O4. The number of hydrogen-bond donors (Lipinski definition) is 1. The normalized spacial score (nSPS) is 18.6. The fourth-order valence-electron chi connectivity index (χ4n) is 3.05. The highest BCUT2D eigenvalue weighted by molar-refractivity contribution is 5.94. The summed E-state index contributed by atoms with van der Waals surface area (Å²) in [5.74, 6) is 0.928. The van der Waals surface area contributed by atoms with Gasteiger partial charge in [-0.15, -0.1) is 0 Å². The molecule has 2 fully saturated rings. The van der Waals surface area contributed by atoms with E-state index in [9.17, 15) is 9.59 Å². The van der Waals surface area contributed by atoms with Gasteiger partial charge in [0.2, 0.25) is 11.8 Å². The molecule has 3 rings (SSSR count). The Morgan fingerprint density at radius 3 is 2.72 bits per heavy atom. The van der Waals surface area contributed by atoms with Crippen LogP contribution in [0.4, 0.5) is 5.82 Å². The smallest absolute Gasteiger partial charge is 0.245 e. The van der Waals surface area contributed by atoms with E-state index in [4.69, 9.17) is 9.26 Å². The first-order valence-electron chi connectivity index (χ1n) is 8.94. The summed E-state index contributed by atoms with van der Waals surface area (Å²) in [4.78, 5) is 28.9. The van der Waals surface area contributed by atoms with Crippen LogP contribution in [0.5, 0.6) is 0 Å². The van der Waals surface area contributed by atoms with Gasteiger partial charge in [-0.3, -0.25) is 14.5 Å². The average molecular weight is 350 g/mol. The Morgan fingerprint density at radius 1 is 1.36 bits per heavy atom. The predicted molar refractivity (Wildman–Crippen MR) is 91.0 cm³/mol. The molecule has 2 aliphatic rings. The first kappa shape index (κ1) is 17.9. The van der Waals surface area contributed by atoms with E-state index >= 15 is 0 Å². The lowest BCUT2D eigenvalue weighted by Gasteiger charge is -2.33. The standard InChI is InChI=1S/C17H26N4O4/c1-13-11-15(19-25-13)18-16(22)12-21(17(23)14-3-2-4-14)6-5-20-7-9-24-10-8-20/h11,14H,2-10,12H2,1H3,(H,18,19,22). The fraction of sp³-hybridized carbons (Fsp3) is 0.706. The highest BCUT2D eigenvalue weighted by Crippen LogP contribution is 2.28. The van der Waals surface area contributed by atoms with Crippen LogP contribution in [0.1, 0.15) is 25.0 Å². The number of aryl methyl sites for hydroxylation is 1. The Morgan fingerprint density at radius 2 is 2.12 bits per heavy atom. The quantitative estimate of drug-likeness (QED) is 0.785. The van der Waals surface area contributed by atoms with Crippen LogP contribution in [0, 0.1) is 12.8 Å². The number of ether oxygens (including phenoxy) is 1. The number of nitrogens with zero attached hydrogens (tertiary/aromatic N) is 3. The summed E-state index contributed by atoms with van der Waals surface area (Å²) in [5.41, 5.74) is 0. The molecule has 1 aromatic heterocycles. The molecule has 8 nitrogen and oxygen atoms in total. The molecule has 1 aliphatic heterocycles. The second kappa shape index (κ2) is 8.44. The maximum atomic E-state index is 12.7. The van der Waals surface area contributed by atoms with Gasteiger partial charge in [-0.2, -0.15) is 0 Å². The minimum absolute atomic E-state index is 0.0472. The largest absolute Gasteiger partial charge is 0.379 e. The number of nitrogens with one attached hydrogen (secondary N) is 1. The number of hydrogen-bond acceptors (Lipinski definition) is 6. The van der Waals surface area contributed by atoms with Crippen LogP contribution in [-0.2, 0) is 14.3 Å². The monoisotopic (exact) mass is 350 g/mol. The van der Waals surface area contributed by atoms with Crippen LogP contribution < -0.4 is 5.32 Å². The van der Waals surface area contributed by atoms with E-state index in [1.54, 1.807) is 17.9 Å². The van der Waals surface area contributed by atoms with Gasteiger partial charge >= 0.3 is 0 Å². The lowest BCUT2D eigenvalue weighted by atomic mass is 9.84. The summed E-state index contributed by atoms with van der Waals surface area (Å²) in [7, 11) is 0. The Bertz CT molecular complexity index is 593. The number of carbonyl (C=O) groups excluding carboxylic acids is 2. The molecule has 2 amide bonds. The maximum absolute atomic E-state index is 12.7. The summed E-state index contributed by atoms with van der Waals surface area (Å²) in [5, 5.41) is 6.45. The fourth-order valence-corrected chi connectivity index (χ4v) is 3.05. The molecule has 2 heterocycles. The first-order chi connectivity index (χ1) is 12.1. The predicted octanol–water partition coefficient (Wildman–Crippen LogP) is 0.882. The molecule has 1 saturated heterocycles. The number of amides is 2. The van der Waals surface area contributed by atoms with Crippen molar-refractivity contribution >= 4 is 17.6 Å². The van der Waals surface area contributed by atoms with E-state index in [2.05, 4.69) is 15.4 Å². The van der Waals surface area contributed by atoms with Crippen LogP contribution in [-0.4, -0.2) is 72.7 Å². The second-order valence-corrected chi connectivity index (χ2v) is 6.71. The summed E-state index contributed by atoms with van der Waals surface area (Å²) in [6.45, 7) is 6.32. The Balaban J connectivity index is 1.54. The molecule has 8 heteroatoms. The molecule has 1 N–H and O–H groups in total. The summed E-state index contributed by atoms with van der Waals surface area (Å²) in [6.07, 6.45) is 2.95. The van der Waals surface area contributed by atoms with Crippen molar-refractivity contribution in [2.45, 2.75) is 26.2 Å². The molecular weight excluding hydrogens is 324 g/mol. The van der Waals surface area contributed by atoms with E-state index in [1.807, 2.05) is 0 Å². The molecule has 0 unspecified atom stereocenters. The van der Waals surface area contributed by atoms with Crippen LogP contribution in [0.2, 0.25) is 0 Å². The lowest BCUT2D eigenvalue weighted by molar-refractivity contribution is -0.141. The minimum atomic E-state index is -0.247.